The van der Waals surface area contributed by atoms with Crippen molar-refractivity contribution < 1.29 is 29.0 Å². The largest absolute Gasteiger partial charge is 0.482 e. The Balaban J connectivity index is 1.41. The van der Waals surface area contributed by atoms with Gasteiger partial charge in [0.15, 0.2) is 6.61 Å². The summed E-state index contributed by atoms with van der Waals surface area (Å²) in [6.07, 6.45) is 0. The van der Waals surface area contributed by atoms with Crippen molar-refractivity contribution in [3.63, 3.8) is 0 Å². The van der Waals surface area contributed by atoms with Gasteiger partial charge in [-0.3, -0.25) is 14.4 Å². The molecule has 3 amide bonds. The highest BCUT2D eigenvalue weighted by molar-refractivity contribution is 6.35. The van der Waals surface area contributed by atoms with E-state index in [1.54, 1.807) is 30.3 Å². The van der Waals surface area contributed by atoms with Crippen molar-refractivity contribution in [2.24, 2.45) is 0 Å². The van der Waals surface area contributed by atoms with Crippen LogP contribution in [0.15, 0.2) is 97.1 Å². The lowest BCUT2D eigenvalue weighted by Crippen LogP contribution is -2.29. The fraction of sp³-hybridized carbons (Fsp3) is 0.0345. The molecule has 4 aromatic rings. The first-order valence-corrected chi connectivity index (χ1v) is 11.4. The van der Waals surface area contributed by atoms with Crippen molar-refractivity contribution in [3.8, 4) is 16.9 Å². The molecule has 0 atom stereocenters. The van der Waals surface area contributed by atoms with Crippen LogP contribution in [0.4, 0.5) is 11.4 Å². The number of amides is 3. The molecule has 1 aliphatic rings. The molecule has 5 rings (SSSR count). The molecule has 8 nitrogen and oxygen atoms in total. The minimum Gasteiger partial charge on any atom is -0.482 e. The number of hydrogen-bond acceptors (Lipinski definition) is 5. The van der Waals surface area contributed by atoms with E-state index in [4.69, 9.17) is 9.84 Å². The van der Waals surface area contributed by atoms with E-state index in [9.17, 15) is 19.2 Å². The fourth-order valence-electron chi connectivity index (χ4n) is 4.14. The van der Waals surface area contributed by atoms with Crippen molar-refractivity contribution in [1.82, 2.24) is 0 Å². The topological polar surface area (TPSA) is 113 Å². The van der Waals surface area contributed by atoms with Crippen LogP contribution in [-0.4, -0.2) is 35.4 Å². The molecular formula is C29H20N2O6. The second-order valence-electron chi connectivity index (χ2n) is 8.25. The summed E-state index contributed by atoms with van der Waals surface area (Å²) in [6.45, 7) is -0.512. The zero-order valence-corrected chi connectivity index (χ0v) is 19.4. The van der Waals surface area contributed by atoms with Gasteiger partial charge in [0.05, 0.1) is 16.8 Å². The molecule has 0 fully saturated rings. The van der Waals surface area contributed by atoms with Gasteiger partial charge in [-0.15, -0.1) is 0 Å². The average Bonchev–Trinajstić information content (AvgIpc) is 3.17. The van der Waals surface area contributed by atoms with Gasteiger partial charge in [0.25, 0.3) is 17.7 Å². The predicted octanol–water partition coefficient (Wildman–Crippen LogP) is 4.87. The van der Waals surface area contributed by atoms with Crippen molar-refractivity contribution in [3.05, 3.63) is 114 Å². The Labute approximate surface area is 211 Å². The van der Waals surface area contributed by atoms with E-state index in [1.807, 2.05) is 42.5 Å². The molecule has 0 saturated carbocycles. The number of ether oxygens (including phenoxy) is 1. The Morgan fingerprint density at radius 2 is 1.49 bits per heavy atom. The third-order valence-electron chi connectivity index (χ3n) is 5.83. The monoisotopic (exact) mass is 492 g/mol. The summed E-state index contributed by atoms with van der Waals surface area (Å²) in [5.41, 5.74) is 2.99. The number of aliphatic carboxylic acids is 1. The number of fused-ring (bicyclic) bond motifs is 1. The first-order valence-electron chi connectivity index (χ1n) is 11.4. The van der Waals surface area contributed by atoms with Gasteiger partial charge in [-0.25, -0.2) is 9.69 Å². The molecule has 0 aromatic heterocycles. The first kappa shape index (κ1) is 23.5. The number of benzene rings is 4. The molecule has 0 unspecified atom stereocenters. The molecule has 37 heavy (non-hydrogen) atoms. The molecule has 0 radical (unpaired) electrons. The van der Waals surface area contributed by atoms with Crippen LogP contribution >= 0.6 is 0 Å². The van der Waals surface area contributed by atoms with Gasteiger partial charge in [0, 0.05) is 22.9 Å². The van der Waals surface area contributed by atoms with Gasteiger partial charge in [0.1, 0.15) is 5.75 Å². The van der Waals surface area contributed by atoms with Crippen molar-refractivity contribution in [2.45, 2.75) is 0 Å². The lowest BCUT2D eigenvalue weighted by atomic mass is 10.0. The van der Waals surface area contributed by atoms with Crippen LogP contribution in [0.2, 0.25) is 0 Å². The second kappa shape index (κ2) is 9.79. The third-order valence-corrected chi connectivity index (χ3v) is 5.83. The molecule has 1 heterocycles. The molecule has 8 heteroatoms. The van der Waals surface area contributed by atoms with Gasteiger partial charge in [-0.05, 0) is 42.0 Å². The number of nitrogens with one attached hydrogen (secondary N) is 1. The van der Waals surface area contributed by atoms with Gasteiger partial charge in [0.2, 0.25) is 0 Å². The lowest BCUT2D eigenvalue weighted by molar-refractivity contribution is -0.139. The number of para-hydroxylation sites is 1. The number of carbonyl (C=O) groups excluding carboxylic acids is 3. The van der Waals surface area contributed by atoms with E-state index in [1.165, 1.54) is 24.3 Å². The minimum absolute atomic E-state index is 0.138. The summed E-state index contributed by atoms with van der Waals surface area (Å²) >= 11 is 0. The summed E-state index contributed by atoms with van der Waals surface area (Å²) in [6, 6.07) is 27.3. The Morgan fingerprint density at radius 3 is 2.27 bits per heavy atom. The van der Waals surface area contributed by atoms with Gasteiger partial charge in [-0.1, -0.05) is 54.6 Å². The van der Waals surface area contributed by atoms with Crippen LogP contribution in [0.5, 0.6) is 5.75 Å². The van der Waals surface area contributed by atoms with E-state index in [0.29, 0.717) is 11.4 Å². The summed E-state index contributed by atoms with van der Waals surface area (Å²) in [7, 11) is 0. The predicted molar refractivity (Wildman–Crippen MR) is 137 cm³/mol. The molecular weight excluding hydrogens is 472 g/mol. The summed E-state index contributed by atoms with van der Waals surface area (Å²) in [5.74, 6) is -2.31. The van der Waals surface area contributed by atoms with Crippen LogP contribution < -0.4 is 15.0 Å². The highest BCUT2D eigenvalue weighted by Gasteiger charge is 2.38. The standard InChI is InChI=1S/C29H20N2O6/c32-26(33)17-37-21-10-6-9-20(16-21)30-27(34)19-13-14-23-24(15-19)29(36)31(28(23)35)25-12-5-4-11-22(25)18-7-2-1-3-8-18/h1-16H,17H2,(H,30,34)(H,32,33). The molecule has 0 spiro atoms. The highest BCUT2D eigenvalue weighted by atomic mass is 16.5. The summed E-state index contributed by atoms with van der Waals surface area (Å²) < 4.78 is 5.14. The maximum absolute atomic E-state index is 13.4. The number of nitrogens with zero attached hydrogens (tertiary/aromatic N) is 1. The lowest BCUT2D eigenvalue weighted by Gasteiger charge is -2.18. The maximum Gasteiger partial charge on any atom is 0.341 e. The first-order chi connectivity index (χ1) is 17.9. The second-order valence-corrected chi connectivity index (χ2v) is 8.25. The quantitative estimate of drug-likeness (QED) is 0.356. The molecule has 0 bridgehead atoms. The maximum atomic E-state index is 13.4. The third kappa shape index (κ3) is 4.68. The van der Waals surface area contributed by atoms with Crippen molar-refractivity contribution >= 4 is 35.1 Å². The van der Waals surface area contributed by atoms with Crippen LogP contribution in [0, 0.1) is 0 Å². The molecule has 4 aromatic carbocycles. The Bertz CT molecular complexity index is 1550. The molecule has 0 saturated heterocycles. The number of carboxylic acids is 1. The SMILES string of the molecule is O=C(O)COc1cccc(NC(=O)c2ccc3c(c2)C(=O)N(c2ccccc2-c2ccccc2)C3=O)c1. The number of anilines is 2. The number of imide groups is 1. The van der Waals surface area contributed by atoms with Gasteiger partial charge < -0.3 is 15.2 Å². The number of hydrogen-bond donors (Lipinski definition) is 2. The van der Waals surface area contributed by atoms with Crippen molar-refractivity contribution in [1.29, 1.82) is 0 Å². The zero-order chi connectivity index (χ0) is 25.9. The zero-order valence-electron chi connectivity index (χ0n) is 19.4. The molecule has 2 N–H and O–H groups in total. The van der Waals surface area contributed by atoms with Gasteiger partial charge in [-0.2, -0.15) is 0 Å². The highest BCUT2D eigenvalue weighted by Crippen LogP contribution is 2.36. The smallest absolute Gasteiger partial charge is 0.341 e. The minimum atomic E-state index is -1.12. The molecule has 0 aliphatic carbocycles. The van der Waals surface area contributed by atoms with E-state index < -0.39 is 30.3 Å². The Kier molecular flexibility index (Phi) is 6.22. The summed E-state index contributed by atoms with van der Waals surface area (Å²) in [4.78, 5) is 51.4. The summed E-state index contributed by atoms with van der Waals surface area (Å²) in [5, 5.41) is 11.5. The Hall–Kier alpha value is -5.24. The van der Waals surface area contributed by atoms with Gasteiger partial charge >= 0.3 is 5.97 Å². The average molecular weight is 492 g/mol. The van der Waals surface area contributed by atoms with E-state index >= 15 is 0 Å². The van der Waals surface area contributed by atoms with Crippen LogP contribution in [-0.2, 0) is 4.79 Å². The van der Waals surface area contributed by atoms with Crippen LogP contribution in [0.1, 0.15) is 31.1 Å². The number of carboxylic acid groups (broad SMARTS) is 1. The van der Waals surface area contributed by atoms with E-state index in [-0.39, 0.29) is 22.4 Å². The molecule has 182 valence electrons. The normalized spacial score (nSPS) is 12.3. The fourth-order valence-corrected chi connectivity index (χ4v) is 4.14. The number of rotatable bonds is 7. The molecule has 1 aliphatic heterocycles. The van der Waals surface area contributed by atoms with Crippen LogP contribution in [0.3, 0.4) is 0 Å². The van der Waals surface area contributed by atoms with E-state index in [2.05, 4.69) is 5.32 Å². The van der Waals surface area contributed by atoms with E-state index in [0.717, 1.165) is 16.0 Å². The van der Waals surface area contributed by atoms with Crippen molar-refractivity contribution in [2.75, 3.05) is 16.8 Å². The van der Waals surface area contributed by atoms with Crippen LogP contribution in [0.25, 0.3) is 11.1 Å². The Morgan fingerprint density at radius 1 is 0.757 bits per heavy atom. The number of carbonyl (C=O) groups is 4.